The van der Waals surface area contributed by atoms with Crippen molar-refractivity contribution in [1.82, 2.24) is 0 Å². The minimum atomic E-state index is -0.143. The van der Waals surface area contributed by atoms with Crippen molar-refractivity contribution in [3.05, 3.63) is 53.5 Å². The van der Waals surface area contributed by atoms with Crippen LogP contribution in [0.3, 0.4) is 0 Å². The fourth-order valence-corrected chi connectivity index (χ4v) is 1.38. The van der Waals surface area contributed by atoms with Gasteiger partial charge in [-0.3, -0.25) is 4.79 Å². The van der Waals surface area contributed by atoms with Gasteiger partial charge in [-0.15, -0.1) is 0 Å². The SMILES string of the molecule is Cc1ccc(C(=O)c2cccc(N)c2)o1. The molecule has 0 spiro atoms. The molecule has 0 atom stereocenters. The third kappa shape index (κ3) is 1.91. The zero-order valence-corrected chi connectivity index (χ0v) is 8.36. The lowest BCUT2D eigenvalue weighted by atomic mass is 10.1. The molecule has 0 amide bonds. The summed E-state index contributed by atoms with van der Waals surface area (Å²) in [5.41, 5.74) is 6.72. The molecule has 76 valence electrons. The lowest BCUT2D eigenvalue weighted by Crippen LogP contribution is -2.00. The normalized spacial score (nSPS) is 10.2. The smallest absolute Gasteiger partial charge is 0.228 e. The molecule has 2 N–H and O–H groups in total. The van der Waals surface area contributed by atoms with E-state index in [1.807, 2.05) is 0 Å². The summed E-state index contributed by atoms with van der Waals surface area (Å²) in [5.74, 6) is 0.927. The number of hydrogen-bond donors (Lipinski definition) is 1. The maximum Gasteiger partial charge on any atom is 0.228 e. The van der Waals surface area contributed by atoms with Gasteiger partial charge < -0.3 is 10.2 Å². The van der Waals surface area contributed by atoms with E-state index in [4.69, 9.17) is 10.2 Å². The highest BCUT2D eigenvalue weighted by atomic mass is 16.3. The van der Waals surface area contributed by atoms with Gasteiger partial charge in [0.25, 0.3) is 0 Å². The number of carbonyl (C=O) groups excluding carboxylic acids is 1. The standard InChI is InChI=1S/C12H11NO2/c1-8-5-6-11(15-8)12(14)9-3-2-4-10(13)7-9/h2-7H,13H2,1H3. The largest absolute Gasteiger partial charge is 0.458 e. The average Bonchev–Trinajstić information content (AvgIpc) is 2.64. The maximum absolute atomic E-state index is 11.9. The molecular weight excluding hydrogens is 190 g/mol. The molecule has 0 aliphatic rings. The van der Waals surface area contributed by atoms with Crippen molar-refractivity contribution < 1.29 is 9.21 Å². The van der Waals surface area contributed by atoms with Gasteiger partial charge in [0.1, 0.15) is 5.76 Å². The molecule has 2 rings (SSSR count). The number of anilines is 1. The second-order valence-electron chi connectivity index (χ2n) is 3.36. The van der Waals surface area contributed by atoms with Gasteiger partial charge >= 0.3 is 0 Å². The van der Waals surface area contributed by atoms with E-state index in [1.165, 1.54) is 0 Å². The Hall–Kier alpha value is -2.03. The Labute approximate surface area is 87.5 Å². The molecule has 1 heterocycles. The molecule has 2 aromatic rings. The van der Waals surface area contributed by atoms with Crippen LogP contribution in [-0.2, 0) is 0 Å². The summed E-state index contributed by atoms with van der Waals surface area (Å²) >= 11 is 0. The van der Waals surface area contributed by atoms with Crippen LogP contribution in [0.2, 0.25) is 0 Å². The van der Waals surface area contributed by atoms with E-state index in [0.29, 0.717) is 17.0 Å². The molecule has 1 aromatic heterocycles. The molecule has 0 saturated carbocycles. The number of furan rings is 1. The first kappa shape index (κ1) is 9.52. The first-order valence-electron chi connectivity index (χ1n) is 4.63. The summed E-state index contributed by atoms with van der Waals surface area (Å²) < 4.78 is 5.25. The number of nitrogens with two attached hydrogens (primary N) is 1. The van der Waals surface area contributed by atoms with E-state index in [2.05, 4.69) is 0 Å². The summed E-state index contributed by atoms with van der Waals surface area (Å²) in [5, 5.41) is 0. The number of nitrogen functional groups attached to an aromatic ring is 1. The predicted octanol–water partition coefficient (Wildman–Crippen LogP) is 2.40. The lowest BCUT2D eigenvalue weighted by molar-refractivity contribution is 0.101. The second kappa shape index (κ2) is 3.61. The molecule has 0 aliphatic heterocycles. The fourth-order valence-electron chi connectivity index (χ4n) is 1.38. The van der Waals surface area contributed by atoms with Crippen LogP contribution in [0.4, 0.5) is 5.69 Å². The minimum Gasteiger partial charge on any atom is -0.458 e. The van der Waals surface area contributed by atoms with Crippen molar-refractivity contribution in [1.29, 1.82) is 0 Å². The third-order valence-electron chi connectivity index (χ3n) is 2.11. The van der Waals surface area contributed by atoms with Gasteiger partial charge in [-0.1, -0.05) is 12.1 Å². The Kier molecular flexibility index (Phi) is 2.29. The van der Waals surface area contributed by atoms with Crippen molar-refractivity contribution in [2.45, 2.75) is 6.92 Å². The van der Waals surface area contributed by atoms with Crippen LogP contribution in [0.15, 0.2) is 40.8 Å². The molecule has 3 heteroatoms. The quantitative estimate of drug-likeness (QED) is 0.599. The van der Waals surface area contributed by atoms with E-state index in [9.17, 15) is 4.79 Å². The van der Waals surface area contributed by atoms with Crippen LogP contribution in [-0.4, -0.2) is 5.78 Å². The fraction of sp³-hybridized carbons (Fsp3) is 0.0833. The van der Waals surface area contributed by atoms with E-state index in [0.717, 1.165) is 5.76 Å². The lowest BCUT2D eigenvalue weighted by Gasteiger charge is -1.98. The van der Waals surface area contributed by atoms with Crippen molar-refractivity contribution in [2.75, 3.05) is 5.73 Å². The molecule has 0 saturated heterocycles. The Morgan fingerprint density at radius 2 is 2.07 bits per heavy atom. The molecule has 0 radical (unpaired) electrons. The zero-order chi connectivity index (χ0) is 10.8. The van der Waals surface area contributed by atoms with Gasteiger partial charge in [-0.2, -0.15) is 0 Å². The number of ketones is 1. The summed E-state index contributed by atoms with van der Waals surface area (Å²) in [6.07, 6.45) is 0. The molecule has 0 unspecified atom stereocenters. The van der Waals surface area contributed by atoms with Gasteiger partial charge in [-0.25, -0.2) is 0 Å². The number of aryl methyl sites for hydroxylation is 1. The maximum atomic E-state index is 11.9. The molecule has 0 aliphatic carbocycles. The Balaban J connectivity index is 2.36. The van der Waals surface area contributed by atoms with Crippen molar-refractivity contribution in [3.8, 4) is 0 Å². The van der Waals surface area contributed by atoms with Crippen LogP contribution in [0.25, 0.3) is 0 Å². The summed E-state index contributed by atoms with van der Waals surface area (Å²) in [4.78, 5) is 11.9. The van der Waals surface area contributed by atoms with Gasteiger partial charge in [0.2, 0.25) is 5.78 Å². The minimum absolute atomic E-state index is 0.143. The van der Waals surface area contributed by atoms with Crippen LogP contribution >= 0.6 is 0 Å². The average molecular weight is 201 g/mol. The highest BCUT2D eigenvalue weighted by molar-refractivity contribution is 6.07. The van der Waals surface area contributed by atoms with Crippen molar-refractivity contribution >= 4 is 11.5 Å². The van der Waals surface area contributed by atoms with Gasteiger partial charge in [-0.05, 0) is 31.2 Å². The number of carbonyl (C=O) groups is 1. The highest BCUT2D eigenvalue weighted by Gasteiger charge is 2.12. The third-order valence-corrected chi connectivity index (χ3v) is 2.11. The molecule has 1 aromatic carbocycles. The van der Waals surface area contributed by atoms with Crippen LogP contribution in [0.1, 0.15) is 21.9 Å². The Bertz CT molecular complexity index is 500. The van der Waals surface area contributed by atoms with Crippen LogP contribution in [0.5, 0.6) is 0 Å². The highest BCUT2D eigenvalue weighted by Crippen LogP contribution is 2.14. The van der Waals surface area contributed by atoms with Gasteiger partial charge in [0.05, 0.1) is 0 Å². The number of benzene rings is 1. The molecular formula is C12H11NO2. The Morgan fingerprint density at radius 1 is 1.27 bits per heavy atom. The first-order chi connectivity index (χ1) is 7.16. The zero-order valence-electron chi connectivity index (χ0n) is 8.36. The van der Waals surface area contributed by atoms with Crippen molar-refractivity contribution in [3.63, 3.8) is 0 Å². The van der Waals surface area contributed by atoms with E-state index in [-0.39, 0.29) is 5.78 Å². The van der Waals surface area contributed by atoms with E-state index < -0.39 is 0 Å². The molecule has 3 nitrogen and oxygen atoms in total. The van der Waals surface area contributed by atoms with E-state index in [1.54, 1.807) is 43.3 Å². The van der Waals surface area contributed by atoms with Crippen LogP contribution < -0.4 is 5.73 Å². The summed E-state index contributed by atoms with van der Waals surface area (Å²) in [6, 6.07) is 10.3. The first-order valence-corrected chi connectivity index (χ1v) is 4.63. The molecule has 0 fully saturated rings. The van der Waals surface area contributed by atoms with E-state index >= 15 is 0 Å². The summed E-state index contributed by atoms with van der Waals surface area (Å²) in [6.45, 7) is 1.80. The van der Waals surface area contributed by atoms with Crippen molar-refractivity contribution in [2.24, 2.45) is 0 Å². The number of hydrogen-bond acceptors (Lipinski definition) is 3. The summed E-state index contributed by atoms with van der Waals surface area (Å²) in [7, 11) is 0. The number of rotatable bonds is 2. The predicted molar refractivity (Wildman–Crippen MR) is 57.7 cm³/mol. The monoisotopic (exact) mass is 201 g/mol. The second-order valence-corrected chi connectivity index (χ2v) is 3.36. The van der Waals surface area contributed by atoms with Gasteiger partial charge in [0, 0.05) is 11.3 Å². The topological polar surface area (TPSA) is 56.2 Å². The molecule has 0 bridgehead atoms. The molecule has 15 heavy (non-hydrogen) atoms. The van der Waals surface area contributed by atoms with Crippen LogP contribution in [0, 0.1) is 6.92 Å². The Morgan fingerprint density at radius 3 is 2.67 bits per heavy atom. The van der Waals surface area contributed by atoms with Gasteiger partial charge in [0.15, 0.2) is 5.76 Å².